The molecule has 2 aromatic carbocycles. The number of hydrogen-bond acceptors (Lipinski definition) is 4. The van der Waals surface area contributed by atoms with Gasteiger partial charge in [0.25, 0.3) is 11.9 Å². The molecule has 3 rings (SSSR count). The summed E-state index contributed by atoms with van der Waals surface area (Å²) in [6.45, 7) is 0.685. The van der Waals surface area contributed by atoms with E-state index >= 15 is 0 Å². The SMILES string of the molecule is CNC(=O)c1cccc(CCNc2nc3ccccc3o2)c1. The maximum Gasteiger partial charge on any atom is 0.295 e. The molecule has 5 heteroatoms. The van der Waals surface area contributed by atoms with Crippen molar-refractivity contribution in [1.82, 2.24) is 10.3 Å². The van der Waals surface area contributed by atoms with Gasteiger partial charge in [-0.1, -0.05) is 24.3 Å². The average molecular weight is 295 g/mol. The summed E-state index contributed by atoms with van der Waals surface area (Å²) in [7, 11) is 1.63. The van der Waals surface area contributed by atoms with Gasteiger partial charge in [0.2, 0.25) is 0 Å². The van der Waals surface area contributed by atoms with Crippen LogP contribution in [-0.2, 0) is 6.42 Å². The third kappa shape index (κ3) is 3.09. The van der Waals surface area contributed by atoms with Gasteiger partial charge in [-0.25, -0.2) is 0 Å². The van der Waals surface area contributed by atoms with E-state index in [1.807, 2.05) is 42.5 Å². The lowest BCUT2D eigenvalue weighted by Crippen LogP contribution is -2.18. The summed E-state index contributed by atoms with van der Waals surface area (Å²) in [4.78, 5) is 16.0. The lowest BCUT2D eigenvalue weighted by molar-refractivity contribution is 0.0963. The summed E-state index contributed by atoms with van der Waals surface area (Å²) in [5, 5.41) is 5.79. The van der Waals surface area contributed by atoms with E-state index < -0.39 is 0 Å². The molecule has 1 aromatic heterocycles. The predicted molar refractivity (Wildman–Crippen MR) is 86.0 cm³/mol. The summed E-state index contributed by atoms with van der Waals surface area (Å²) >= 11 is 0. The highest BCUT2D eigenvalue weighted by atomic mass is 16.4. The molecule has 3 aromatic rings. The number of oxazole rings is 1. The fourth-order valence-electron chi connectivity index (χ4n) is 2.27. The Balaban J connectivity index is 1.62. The maximum absolute atomic E-state index is 11.6. The summed E-state index contributed by atoms with van der Waals surface area (Å²) in [5.41, 5.74) is 3.37. The average Bonchev–Trinajstić information content (AvgIpc) is 2.97. The van der Waals surface area contributed by atoms with Crippen LogP contribution in [0, 0.1) is 0 Å². The Morgan fingerprint density at radius 3 is 2.86 bits per heavy atom. The molecule has 22 heavy (non-hydrogen) atoms. The van der Waals surface area contributed by atoms with Crippen molar-refractivity contribution in [2.75, 3.05) is 18.9 Å². The van der Waals surface area contributed by atoms with Crippen molar-refractivity contribution in [3.05, 3.63) is 59.7 Å². The van der Waals surface area contributed by atoms with E-state index in [-0.39, 0.29) is 5.91 Å². The number of amides is 1. The van der Waals surface area contributed by atoms with E-state index in [9.17, 15) is 4.79 Å². The number of nitrogens with zero attached hydrogens (tertiary/aromatic N) is 1. The molecule has 0 radical (unpaired) electrons. The van der Waals surface area contributed by atoms with Crippen LogP contribution in [0.3, 0.4) is 0 Å². The maximum atomic E-state index is 11.6. The van der Waals surface area contributed by atoms with E-state index in [0.717, 1.165) is 23.1 Å². The summed E-state index contributed by atoms with van der Waals surface area (Å²) in [5.74, 6) is -0.0752. The van der Waals surface area contributed by atoms with E-state index in [2.05, 4.69) is 15.6 Å². The van der Waals surface area contributed by atoms with Crippen LogP contribution in [0.5, 0.6) is 0 Å². The zero-order valence-electron chi connectivity index (χ0n) is 12.3. The van der Waals surface area contributed by atoms with Gasteiger partial charge >= 0.3 is 0 Å². The Labute approximate surface area is 128 Å². The monoisotopic (exact) mass is 295 g/mol. The fourth-order valence-corrected chi connectivity index (χ4v) is 2.27. The molecular weight excluding hydrogens is 278 g/mol. The van der Waals surface area contributed by atoms with Gasteiger partial charge in [0, 0.05) is 19.2 Å². The van der Waals surface area contributed by atoms with E-state index in [1.165, 1.54) is 0 Å². The predicted octanol–water partition coefficient (Wildman–Crippen LogP) is 2.84. The second-order valence-electron chi connectivity index (χ2n) is 4.94. The number of fused-ring (bicyclic) bond motifs is 1. The van der Waals surface area contributed by atoms with Crippen LogP contribution in [0.2, 0.25) is 0 Å². The number of aromatic nitrogens is 1. The lowest BCUT2D eigenvalue weighted by atomic mass is 10.1. The van der Waals surface area contributed by atoms with Gasteiger partial charge in [-0.3, -0.25) is 4.79 Å². The van der Waals surface area contributed by atoms with Crippen molar-refractivity contribution < 1.29 is 9.21 Å². The van der Waals surface area contributed by atoms with E-state index in [1.54, 1.807) is 13.1 Å². The van der Waals surface area contributed by atoms with Gasteiger partial charge in [-0.2, -0.15) is 4.98 Å². The smallest absolute Gasteiger partial charge is 0.295 e. The number of hydrogen-bond donors (Lipinski definition) is 2. The first kappa shape index (κ1) is 14.1. The number of carbonyl (C=O) groups is 1. The van der Waals surface area contributed by atoms with Crippen LogP contribution in [0.25, 0.3) is 11.1 Å². The fraction of sp³-hybridized carbons (Fsp3) is 0.176. The minimum Gasteiger partial charge on any atom is -0.424 e. The molecule has 0 saturated heterocycles. The third-order valence-corrected chi connectivity index (χ3v) is 3.40. The molecule has 0 aliphatic rings. The molecule has 112 valence electrons. The van der Waals surface area contributed by atoms with Gasteiger partial charge in [0.1, 0.15) is 5.52 Å². The van der Waals surface area contributed by atoms with Gasteiger partial charge in [-0.15, -0.1) is 0 Å². The molecule has 2 N–H and O–H groups in total. The van der Waals surface area contributed by atoms with Crippen LogP contribution < -0.4 is 10.6 Å². The standard InChI is InChI=1S/C17H17N3O2/c1-18-16(21)13-6-4-5-12(11-13)9-10-19-17-20-14-7-2-3-8-15(14)22-17/h2-8,11H,9-10H2,1H3,(H,18,21)(H,19,20). The largest absolute Gasteiger partial charge is 0.424 e. The van der Waals surface area contributed by atoms with Crippen molar-refractivity contribution in [1.29, 1.82) is 0 Å². The van der Waals surface area contributed by atoms with Crippen LogP contribution in [0.15, 0.2) is 52.9 Å². The van der Waals surface area contributed by atoms with E-state index in [0.29, 0.717) is 18.1 Å². The van der Waals surface area contributed by atoms with Crippen molar-refractivity contribution in [2.24, 2.45) is 0 Å². The Bertz CT molecular complexity index is 762. The molecular formula is C17H17N3O2. The summed E-state index contributed by atoms with van der Waals surface area (Å²) in [6, 6.07) is 15.8. The molecule has 1 heterocycles. The summed E-state index contributed by atoms with van der Waals surface area (Å²) in [6.07, 6.45) is 0.781. The Morgan fingerprint density at radius 1 is 1.18 bits per heavy atom. The first-order valence-electron chi connectivity index (χ1n) is 7.17. The van der Waals surface area contributed by atoms with Crippen LogP contribution in [0.4, 0.5) is 6.01 Å². The van der Waals surface area contributed by atoms with Gasteiger partial charge in [0.15, 0.2) is 5.58 Å². The zero-order valence-corrected chi connectivity index (χ0v) is 12.3. The molecule has 0 unspecified atom stereocenters. The molecule has 0 bridgehead atoms. The summed E-state index contributed by atoms with van der Waals surface area (Å²) < 4.78 is 5.60. The minimum absolute atomic E-state index is 0.0752. The van der Waals surface area contributed by atoms with Crippen molar-refractivity contribution >= 4 is 23.0 Å². The van der Waals surface area contributed by atoms with Crippen LogP contribution in [-0.4, -0.2) is 24.5 Å². The highest BCUT2D eigenvalue weighted by molar-refractivity contribution is 5.94. The lowest BCUT2D eigenvalue weighted by Gasteiger charge is -2.05. The third-order valence-electron chi connectivity index (χ3n) is 3.40. The number of rotatable bonds is 5. The molecule has 0 aliphatic heterocycles. The first-order valence-corrected chi connectivity index (χ1v) is 7.17. The molecule has 0 fully saturated rings. The van der Waals surface area contributed by atoms with E-state index in [4.69, 9.17) is 4.42 Å². The normalized spacial score (nSPS) is 10.6. The molecule has 1 amide bonds. The van der Waals surface area contributed by atoms with Gasteiger partial charge in [0.05, 0.1) is 0 Å². The topological polar surface area (TPSA) is 67.2 Å². The Kier molecular flexibility index (Phi) is 4.05. The number of benzene rings is 2. The van der Waals surface area contributed by atoms with Gasteiger partial charge in [-0.05, 0) is 36.2 Å². The van der Waals surface area contributed by atoms with Gasteiger partial charge < -0.3 is 15.1 Å². The Hall–Kier alpha value is -2.82. The number of anilines is 1. The minimum atomic E-state index is -0.0752. The molecule has 0 saturated carbocycles. The van der Waals surface area contributed by atoms with Crippen molar-refractivity contribution in [3.8, 4) is 0 Å². The molecule has 0 aliphatic carbocycles. The molecule has 0 atom stereocenters. The number of nitrogens with one attached hydrogen (secondary N) is 2. The highest BCUT2D eigenvalue weighted by Crippen LogP contribution is 2.18. The Morgan fingerprint density at radius 2 is 2.05 bits per heavy atom. The second kappa shape index (κ2) is 6.30. The van der Waals surface area contributed by atoms with Crippen molar-refractivity contribution in [3.63, 3.8) is 0 Å². The highest BCUT2D eigenvalue weighted by Gasteiger charge is 2.05. The molecule has 5 nitrogen and oxygen atoms in total. The number of carbonyl (C=O) groups excluding carboxylic acids is 1. The second-order valence-corrected chi connectivity index (χ2v) is 4.94. The zero-order chi connectivity index (χ0) is 15.4. The van der Waals surface area contributed by atoms with Crippen molar-refractivity contribution in [2.45, 2.75) is 6.42 Å². The molecule has 0 spiro atoms. The number of para-hydroxylation sites is 2. The van der Waals surface area contributed by atoms with Crippen LogP contribution in [0.1, 0.15) is 15.9 Å². The van der Waals surface area contributed by atoms with Crippen LogP contribution >= 0.6 is 0 Å². The first-order chi connectivity index (χ1) is 10.8. The quantitative estimate of drug-likeness (QED) is 0.759.